The van der Waals surface area contributed by atoms with E-state index in [1.807, 2.05) is 30.3 Å². The van der Waals surface area contributed by atoms with Crippen molar-refractivity contribution in [3.05, 3.63) is 35.9 Å². The van der Waals surface area contributed by atoms with Crippen LogP contribution >= 0.6 is 0 Å². The van der Waals surface area contributed by atoms with E-state index in [4.69, 9.17) is 4.74 Å². The molecule has 2 bridgehead atoms. The lowest BCUT2D eigenvalue weighted by Crippen LogP contribution is -2.53. The van der Waals surface area contributed by atoms with Crippen molar-refractivity contribution in [3.63, 3.8) is 0 Å². The van der Waals surface area contributed by atoms with Gasteiger partial charge in [-0.25, -0.2) is 4.79 Å². The molecule has 0 radical (unpaired) electrons. The quantitative estimate of drug-likeness (QED) is 0.820. The van der Waals surface area contributed by atoms with Gasteiger partial charge in [0.2, 0.25) is 0 Å². The summed E-state index contributed by atoms with van der Waals surface area (Å²) in [4.78, 5) is 15.2. The van der Waals surface area contributed by atoms with Crippen LogP contribution in [0.25, 0.3) is 0 Å². The Kier molecular flexibility index (Phi) is 5.02. The monoisotopic (exact) mass is 317 g/mol. The maximum absolute atomic E-state index is 12.8. The number of carbonyl (C=O) groups excluding carboxylic acids is 1. The maximum Gasteiger partial charge on any atom is 0.343 e. The van der Waals surface area contributed by atoms with Crippen molar-refractivity contribution in [1.29, 1.82) is 0 Å². The van der Waals surface area contributed by atoms with Crippen LogP contribution in [0.4, 0.5) is 0 Å². The highest BCUT2D eigenvalue weighted by molar-refractivity contribution is 5.81. The fourth-order valence-electron chi connectivity index (χ4n) is 3.79. The second-order valence-corrected chi connectivity index (χ2v) is 6.91. The van der Waals surface area contributed by atoms with Gasteiger partial charge in [-0.1, -0.05) is 43.7 Å². The minimum atomic E-state index is -1.52. The van der Waals surface area contributed by atoms with Crippen LogP contribution in [-0.2, 0) is 15.1 Å². The van der Waals surface area contributed by atoms with Gasteiger partial charge in [-0.15, -0.1) is 0 Å². The van der Waals surface area contributed by atoms with Crippen molar-refractivity contribution in [3.8, 4) is 0 Å². The molecule has 1 N–H and O–H groups in total. The number of ether oxygens (including phenoxy) is 1. The van der Waals surface area contributed by atoms with Crippen molar-refractivity contribution in [1.82, 2.24) is 4.90 Å². The summed E-state index contributed by atoms with van der Waals surface area (Å²) in [5, 5.41) is 11.1. The van der Waals surface area contributed by atoms with Gasteiger partial charge in [0.25, 0.3) is 0 Å². The van der Waals surface area contributed by atoms with Crippen LogP contribution < -0.4 is 0 Å². The molecule has 2 atom stereocenters. The van der Waals surface area contributed by atoms with Crippen LogP contribution in [0.3, 0.4) is 0 Å². The van der Waals surface area contributed by atoms with E-state index in [1.165, 1.54) is 0 Å². The predicted octanol–water partition coefficient (Wildman–Crippen LogP) is 2.70. The Hall–Kier alpha value is -1.39. The van der Waals surface area contributed by atoms with Gasteiger partial charge in [0, 0.05) is 6.54 Å². The number of hydrogen-bond acceptors (Lipinski definition) is 4. The van der Waals surface area contributed by atoms with E-state index in [1.54, 1.807) is 0 Å². The van der Waals surface area contributed by atoms with E-state index in [9.17, 15) is 9.90 Å². The smallest absolute Gasteiger partial charge is 0.343 e. The average molecular weight is 317 g/mol. The summed E-state index contributed by atoms with van der Waals surface area (Å²) in [6.45, 7) is 5.09. The largest absolute Gasteiger partial charge is 0.458 e. The number of piperidine rings is 3. The number of nitrogens with zero attached hydrogens (tertiary/aromatic N) is 1. The zero-order chi connectivity index (χ0) is 16.3. The van der Waals surface area contributed by atoms with Gasteiger partial charge in [-0.2, -0.15) is 0 Å². The third kappa shape index (κ3) is 3.43. The number of esters is 1. The molecule has 3 aliphatic rings. The molecule has 1 aromatic rings. The first-order valence-electron chi connectivity index (χ1n) is 8.85. The molecule has 4 heteroatoms. The molecular formula is C19H27NO3. The Bertz CT molecular complexity index is 525. The number of hydrogen-bond donors (Lipinski definition) is 1. The van der Waals surface area contributed by atoms with Crippen molar-refractivity contribution < 1.29 is 14.6 Å². The van der Waals surface area contributed by atoms with E-state index in [-0.39, 0.29) is 6.10 Å². The maximum atomic E-state index is 12.8. The molecule has 126 valence electrons. The van der Waals surface area contributed by atoms with Crippen LogP contribution in [0.5, 0.6) is 0 Å². The molecule has 1 aromatic carbocycles. The van der Waals surface area contributed by atoms with Crippen LogP contribution in [0.1, 0.15) is 44.6 Å². The first-order valence-corrected chi connectivity index (χ1v) is 8.85. The summed E-state index contributed by atoms with van der Waals surface area (Å²) in [6, 6.07) is 9.23. The predicted molar refractivity (Wildman–Crippen MR) is 88.9 cm³/mol. The van der Waals surface area contributed by atoms with E-state index in [0.29, 0.717) is 17.9 Å². The molecule has 0 amide bonds. The lowest BCUT2D eigenvalue weighted by atomic mass is 9.85. The first-order chi connectivity index (χ1) is 11.1. The Labute approximate surface area is 138 Å². The zero-order valence-electron chi connectivity index (χ0n) is 13.9. The van der Waals surface area contributed by atoms with Crippen LogP contribution in [0.15, 0.2) is 30.3 Å². The molecule has 0 saturated carbocycles. The minimum absolute atomic E-state index is 0.0677. The van der Waals surface area contributed by atoms with E-state index >= 15 is 0 Å². The van der Waals surface area contributed by atoms with Crippen molar-refractivity contribution in [2.75, 3.05) is 19.6 Å². The standard InChI is InChI=1S/C19H27NO3/c1-2-3-11-19(22,16-7-5-4-6-8-16)18(21)23-17-14-20-12-9-15(17)10-13-20/h4-8,15,17,22H,2-3,9-14H2,1H3/t17-,19-/m1/s1. The summed E-state index contributed by atoms with van der Waals surface area (Å²) < 4.78 is 5.81. The van der Waals surface area contributed by atoms with Crippen molar-refractivity contribution in [2.45, 2.75) is 50.7 Å². The van der Waals surface area contributed by atoms with Crippen molar-refractivity contribution in [2.24, 2.45) is 5.92 Å². The highest BCUT2D eigenvalue weighted by Crippen LogP contribution is 2.34. The lowest BCUT2D eigenvalue weighted by Gasteiger charge is -2.44. The third-order valence-corrected chi connectivity index (χ3v) is 5.34. The second kappa shape index (κ2) is 7.02. The Balaban J connectivity index is 1.75. The third-order valence-electron chi connectivity index (χ3n) is 5.34. The molecule has 3 aliphatic heterocycles. The Morgan fingerprint density at radius 3 is 2.57 bits per heavy atom. The van der Waals surface area contributed by atoms with Crippen LogP contribution in [-0.4, -0.2) is 41.7 Å². The van der Waals surface area contributed by atoms with Gasteiger partial charge < -0.3 is 9.84 Å². The minimum Gasteiger partial charge on any atom is -0.458 e. The number of unbranched alkanes of at least 4 members (excludes halogenated alkanes) is 1. The number of aliphatic hydroxyl groups is 1. The first kappa shape index (κ1) is 16.5. The molecule has 23 heavy (non-hydrogen) atoms. The zero-order valence-corrected chi connectivity index (χ0v) is 13.9. The molecule has 3 fully saturated rings. The molecule has 4 rings (SSSR count). The molecule has 0 spiro atoms. The fourth-order valence-corrected chi connectivity index (χ4v) is 3.79. The summed E-state index contributed by atoms with van der Waals surface area (Å²) in [5.41, 5.74) is -0.886. The second-order valence-electron chi connectivity index (χ2n) is 6.91. The summed E-state index contributed by atoms with van der Waals surface area (Å²) in [7, 11) is 0. The van der Waals surface area contributed by atoms with Crippen molar-refractivity contribution >= 4 is 5.97 Å². The van der Waals surface area contributed by atoms with E-state index < -0.39 is 11.6 Å². The van der Waals surface area contributed by atoms with Crippen LogP contribution in [0, 0.1) is 5.92 Å². The van der Waals surface area contributed by atoms with Gasteiger partial charge in [0.15, 0.2) is 5.60 Å². The molecule has 0 aliphatic carbocycles. The normalized spacial score (nSPS) is 29.0. The highest BCUT2D eigenvalue weighted by Gasteiger charge is 2.43. The van der Waals surface area contributed by atoms with E-state index in [0.717, 1.165) is 45.3 Å². The lowest BCUT2D eigenvalue weighted by molar-refractivity contribution is -0.182. The summed E-state index contributed by atoms with van der Waals surface area (Å²) in [5.74, 6) is -0.0222. The number of fused-ring (bicyclic) bond motifs is 3. The summed E-state index contributed by atoms with van der Waals surface area (Å²) >= 11 is 0. The number of rotatable bonds is 6. The molecule has 0 aromatic heterocycles. The molecule has 3 heterocycles. The topological polar surface area (TPSA) is 49.8 Å². The highest BCUT2D eigenvalue weighted by atomic mass is 16.6. The molecule has 0 unspecified atom stereocenters. The number of carbonyl (C=O) groups is 1. The Morgan fingerprint density at radius 2 is 2.00 bits per heavy atom. The van der Waals surface area contributed by atoms with Gasteiger partial charge in [0.05, 0.1) is 0 Å². The Morgan fingerprint density at radius 1 is 1.30 bits per heavy atom. The van der Waals surface area contributed by atoms with Gasteiger partial charge in [-0.3, -0.25) is 4.90 Å². The summed E-state index contributed by atoms with van der Waals surface area (Å²) in [6.07, 6.45) is 4.26. The van der Waals surface area contributed by atoms with Gasteiger partial charge in [-0.05, 0) is 50.3 Å². The van der Waals surface area contributed by atoms with Gasteiger partial charge >= 0.3 is 5.97 Å². The SMILES string of the molecule is CCCC[C@](O)(C(=O)O[C@@H]1CN2CCC1CC2)c1ccccc1. The average Bonchev–Trinajstić information content (AvgIpc) is 2.61. The van der Waals surface area contributed by atoms with Gasteiger partial charge in [0.1, 0.15) is 6.10 Å². The molecule has 3 saturated heterocycles. The molecular weight excluding hydrogens is 290 g/mol. The van der Waals surface area contributed by atoms with E-state index in [2.05, 4.69) is 11.8 Å². The molecule has 4 nitrogen and oxygen atoms in total. The number of benzene rings is 1. The fraction of sp³-hybridized carbons (Fsp3) is 0.632. The van der Waals surface area contributed by atoms with Crippen LogP contribution in [0.2, 0.25) is 0 Å².